The summed E-state index contributed by atoms with van der Waals surface area (Å²) in [6.45, 7) is 31.0. The number of unbranched alkanes of at least 4 members (excludes halogenated alkanes) is 6. The van der Waals surface area contributed by atoms with Crippen molar-refractivity contribution < 1.29 is 57.7 Å². The molecule has 0 bridgehead atoms. The normalized spacial score (nSPS) is 16.6. The molecule has 1 aliphatic carbocycles. The average Bonchev–Trinajstić information content (AvgIpc) is 3.29. The van der Waals surface area contributed by atoms with Crippen molar-refractivity contribution in [2.45, 2.75) is 187 Å². The van der Waals surface area contributed by atoms with Crippen LogP contribution in [0.2, 0.25) is 3.72 Å². The summed E-state index contributed by atoms with van der Waals surface area (Å²) in [5, 5.41) is 1.67. The van der Waals surface area contributed by atoms with Gasteiger partial charge in [0.1, 0.15) is 0 Å². The molecule has 0 saturated carbocycles. The zero-order valence-electron chi connectivity index (χ0n) is 37.6. The second kappa shape index (κ2) is 23.1. The van der Waals surface area contributed by atoms with E-state index >= 15 is 0 Å². The van der Waals surface area contributed by atoms with Gasteiger partial charge < -0.3 is 37.2 Å². The minimum atomic E-state index is -0.794. The molecule has 0 saturated heterocycles. The Hall–Kier alpha value is -1.06. The van der Waals surface area contributed by atoms with Crippen LogP contribution in [0.15, 0.2) is 71.3 Å². The second-order valence-corrected chi connectivity index (χ2v) is 22.0. The van der Waals surface area contributed by atoms with E-state index in [1.807, 2.05) is 0 Å². The summed E-state index contributed by atoms with van der Waals surface area (Å²) in [6.07, 6.45) is 15.2. The fourth-order valence-corrected chi connectivity index (χ4v) is 12.7. The molecule has 4 rings (SSSR count). The number of hydrogen-bond donors (Lipinski definition) is 0. The quantitative estimate of drug-likeness (QED) is 0.136. The molecule has 2 unspecified atom stereocenters. The van der Waals surface area contributed by atoms with Crippen LogP contribution >= 0.6 is 0 Å². The first kappa shape index (κ1) is 53.0. The van der Waals surface area contributed by atoms with E-state index in [2.05, 4.69) is 165 Å². The van der Waals surface area contributed by atoms with Gasteiger partial charge in [-0.25, -0.2) is 0 Å². The summed E-state index contributed by atoms with van der Waals surface area (Å²) in [4.78, 5) is 0. The number of aryl methyl sites for hydroxylation is 4. The van der Waals surface area contributed by atoms with Crippen LogP contribution in [0.1, 0.15) is 191 Å². The van der Waals surface area contributed by atoms with Gasteiger partial charge in [0.15, 0.2) is 0 Å². The van der Waals surface area contributed by atoms with Gasteiger partial charge >= 0.3 is 344 Å². The molecule has 0 amide bonds. The fourth-order valence-electron chi connectivity index (χ4n) is 8.68. The Labute approximate surface area is 378 Å². The van der Waals surface area contributed by atoms with Gasteiger partial charge in [-0.1, -0.05) is 0 Å². The summed E-state index contributed by atoms with van der Waals surface area (Å²) in [6, 6.07) is 23.3. The third-order valence-electron chi connectivity index (χ3n) is 12.4. The number of rotatable bonds is 17. The maximum absolute atomic E-state index is 2.67. The van der Waals surface area contributed by atoms with Gasteiger partial charge in [-0.05, 0) is 0 Å². The maximum atomic E-state index is 2.67. The molecule has 0 radical (unpaired) electrons. The molecule has 2 atom stereocenters. The monoisotopic (exact) mass is 868 g/mol. The van der Waals surface area contributed by atoms with Gasteiger partial charge in [-0.3, -0.25) is 0 Å². The van der Waals surface area contributed by atoms with Crippen molar-refractivity contribution in [3.8, 4) is 0 Å². The summed E-state index contributed by atoms with van der Waals surface area (Å²) in [7, 11) is -0.794. The Morgan fingerprint density at radius 1 is 0.554 bits per heavy atom. The van der Waals surface area contributed by atoms with Crippen molar-refractivity contribution in [2.24, 2.45) is 0 Å². The van der Waals surface area contributed by atoms with Crippen LogP contribution in [0, 0.1) is 0 Å². The van der Waals surface area contributed by atoms with E-state index in [0.717, 1.165) is 12.8 Å². The molecule has 0 nitrogen and oxygen atoms in total. The van der Waals surface area contributed by atoms with Crippen molar-refractivity contribution >= 4 is 20.3 Å². The van der Waals surface area contributed by atoms with Crippen molar-refractivity contribution in [2.75, 3.05) is 0 Å². The van der Waals surface area contributed by atoms with Crippen molar-refractivity contribution in [1.29, 1.82) is 0 Å². The van der Waals surface area contributed by atoms with Crippen LogP contribution in [-0.4, -0.2) is 9.52 Å². The van der Waals surface area contributed by atoms with E-state index in [9.17, 15) is 0 Å². The molecular formula is C51H75Cl3SiTi. The van der Waals surface area contributed by atoms with E-state index in [0.29, 0.717) is 5.54 Å². The van der Waals surface area contributed by atoms with Gasteiger partial charge in [0.2, 0.25) is 0 Å². The van der Waals surface area contributed by atoms with Crippen LogP contribution in [-0.2, 0) is 56.9 Å². The molecule has 56 heavy (non-hydrogen) atoms. The SMILES string of the molecule is CCCCCCc1cc(CCCCCC)cc([SiH2]C(c2cc(CC)cc(CC)c2)[C]2([Ti+3])C(C)=C(C)C(C)=C2c2cc(C(C)(C)C)cc(C(C)(C)C)c2)c1.[Cl-].[Cl-].[Cl-]. The Kier molecular flexibility index (Phi) is 21.8. The van der Waals surface area contributed by atoms with Crippen molar-refractivity contribution in [1.82, 2.24) is 0 Å². The summed E-state index contributed by atoms with van der Waals surface area (Å²) in [5.74, 6) is 0. The van der Waals surface area contributed by atoms with Crippen LogP contribution in [0.4, 0.5) is 0 Å². The molecule has 3 aromatic rings. The number of halogens is 3. The number of allylic oxidation sites excluding steroid dienone is 4. The zero-order valence-corrected chi connectivity index (χ0v) is 42.8. The van der Waals surface area contributed by atoms with E-state index in [4.69, 9.17) is 0 Å². The van der Waals surface area contributed by atoms with Crippen molar-refractivity contribution in [3.63, 3.8) is 0 Å². The first-order valence-corrected chi connectivity index (χ1v) is 23.8. The predicted molar refractivity (Wildman–Crippen MR) is 236 cm³/mol. The standard InChI is InChI=1S/C51H75Si.3ClH.Ti/c1-14-18-20-22-24-40-27-41(25-23-21-19-15-2)31-46(30-40)52-49(43-28-38(16-3)26-39(17-4)29-43)48-37(7)35(5)36(6)47(48)42-32-44(50(8,9)10)34-45(33-42)51(11,12)13;;;;/h26-34,49H,14-25,52H2,1-13H3;3*1H;/q;;;;+3/p-3. The summed E-state index contributed by atoms with van der Waals surface area (Å²) >= 11 is 2.65. The molecule has 0 heterocycles. The number of hydrogen-bond acceptors (Lipinski definition) is 0. The minimum absolute atomic E-state index is 0. The fraction of sp³-hybridized carbons (Fsp3) is 0.569. The van der Waals surface area contributed by atoms with Crippen LogP contribution in [0.25, 0.3) is 5.57 Å². The Balaban J connectivity index is 0.00000523. The maximum Gasteiger partial charge on any atom is -1.00 e. The van der Waals surface area contributed by atoms with E-state index in [1.165, 1.54) is 103 Å². The van der Waals surface area contributed by atoms with Gasteiger partial charge in [0.25, 0.3) is 0 Å². The van der Waals surface area contributed by atoms with Gasteiger partial charge in [-0.15, -0.1) is 0 Å². The number of benzene rings is 3. The second-order valence-electron chi connectivity index (χ2n) is 18.7. The van der Waals surface area contributed by atoms with Crippen LogP contribution in [0.3, 0.4) is 0 Å². The first-order valence-electron chi connectivity index (χ1n) is 21.5. The Morgan fingerprint density at radius 2 is 1.00 bits per heavy atom. The third-order valence-corrected chi connectivity index (χ3v) is 17.0. The van der Waals surface area contributed by atoms with E-state index in [-0.39, 0.29) is 51.8 Å². The molecule has 0 aliphatic heterocycles. The topological polar surface area (TPSA) is 0 Å². The largest absolute Gasteiger partial charge is 1.00 e. The molecule has 0 aromatic heterocycles. The molecule has 0 fully saturated rings. The van der Waals surface area contributed by atoms with Crippen molar-refractivity contribution in [3.05, 3.63) is 116 Å². The summed E-state index contributed by atoms with van der Waals surface area (Å²) in [5.41, 5.74) is 18.8. The van der Waals surface area contributed by atoms with Gasteiger partial charge in [0.05, 0.1) is 0 Å². The smallest absolute Gasteiger partial charge is 1.00 e. The van der Waals surface area contributed by atoms with Gasteiger partial charge in [-0.2, -0.15) is 0 Å². The molecule has 5 heteroatoms. The van der Waals surface area contributed by atoms with E-state index < -0.39 is 9.52 Å². The third kappa shape index (κ3) is 13.0. The molecule has 3 aromatic carbocycles. The van der Waals surface area contributed by atoms with Crippen LogP contribution in [0.5, 0.6) is 0 Å². The van der Waals surface area contributed by atoms with Gasteiger partial charge in [0, 0.05) is 0 Å². The molecule has 0 N–H and O–H groups in total. The molecule has 308 valence electrons. The molecule has 0 spiro atoms. The zero-order chi connectivity index (χ0) is 39.1. The minimum Gasteiger partial charge on any atom is -1.00 e. The molecule has 1 aliphatic rings. The Bertz CT molecular complexity index is 1690. The first-order chi connectivity index (χ1) is 25.0. The average molecular weight is 870 g/mol. The predicted octanol–water partition coefficient (Wildman–Crippen LogP) is 4.73. The summed E-state index contributed by atoms with van der Waals surface area (Å²) < 4.78 is -0.0954. The Morgan fingerprint density at radius 3 is 1.41 bits per heavy atom. The van der Waals surface area contributed by atoms with Crippen LogP contribution < -0.4 is 42.4 Å². The van der Waals surface area contributed by atoms with E-state index in [1.54, 1.807) is 33.0 Å². The molecular weight excluding hydrogens is 795 g/mol.